The number of rotatable bonds is 5. The zero-order valence-corrected chi connectivity index (χ0v) is 15.5. The van der Waals surface area contributed by atoms with Crippen LogP contribution in [0.1, 0.15) is 47.6 Å². The van der Waals surface area contributed by atoms with Crippen molar-refractivity contribution < 1.29 is 9.53 Å². The van der Waals surface area contributed by atoms with Crippen molar-refractivity contribution in [3.63, 3.8) is 0 Å². The first-order valence-corrected chi connectivity index (χ1v) is 9.57. The predicted molar refractivity (Wildman–Crippen MR) is 98.3 cm³/mol. The van der Waals surface area contributed by atoms with Crippen LogP contribution >= 0.6 is 0 Å². The molecule has 4 rings (SSSR count). The van der Waals surface area contributed by atoms with Gasteiger partial charge in [0.05, 0.1) is 0 Å². The van der Waals surface area contributed by atoms with Crippen LogP contribution in [-0.4, -0.2) is 33.3 Å². The molecule has 0 bridgehead atoms. The first-order valence-electron chi connectivity index (χ1n) is 9.57. The van der Waals surface area contributed by atoms with Gasteiger partial charge in [-0.3, -0.25) is 4.79 Å². The second-order valence-electron chi connectivity index (χ2n) is 7.39. The summed E-state index contributed by atoms with van der Waals surface area (Å²) in [6, 6.07) is 4.17. The van der Waals surface area contributed by atoms with E-state index in [2.05, 4.69) is 40.0 Å². The number of aromatic nitrogens is 3. The van der Waals surface area contributed by atoms with Gasteiger partial charge in [0.15, 0.2) is 6.10 Å². The van der Waals surface area contributed by atoms with Crippen LogP contribution in [0.3, 0.4) is 0 Å². The van der Waals surface area contributed by atoms with Gasteiger partial charge in [-0.05, 0) is 55.9 Å². The number of nitrogens with zero attached hydrogens (tertiary/aromatic N) is 3. The van der Waals surface area contributed by atoms with Crippen LogP contribution in [0.2, 0.25) is 0 Å². The maximum Gasteiger partial charge on any atom is 0.261 e. The van der Waals surface area contributed by atoms with Crippen molar-refractivity contribution in [2.24, 2.45) is 0 Å². The molecule has 2 aliphatic rings. The molecule has 1 N–H and O–H groups in total. The molecule has 2 aliphatic heterocycles. The summed E-state index contributed by atoms with van der Waals surface area (Å²) in [6.45, 7) is 5.81. The van der Waals surface area contributed by atoms with Crippen LogP contribution in [0.4, 0.5) is 0 Å². The standard InChI is InChI=1S/C20H26N4O2/c1-13-10-15-12-17(26-16(15)11-14(13)2)20(25)21-8-5-7-19-23-22-18-6-3-4-9-24(18)19/h10-11,17H,3-9,12H2,1-2H3,(H,21,25). The highest BCUT2D eigenvalue weighted by Crippen LogP contribution is 2.31. The molecule has 1 unspecified atom stereocenters. The Bertz CT molecular complexity index is 796. The third kappa shape index (κ3) is 3.32. The minimum Gasteiger partial charge on any atom is -0.480 e. The summed E-state index contributed by atoms with van der Waals surface area (Å²) in [5.41, 5.74) is 3.56. The lowest BCUT2D eigenvalue weighted by atomic mass is 10.0. The maximum absolute atomic E-state index is 12.4. The summed E-state index contributed by atoms with van der Waals surface area (Å²) in [4.78, 5) is 12.4. The SMILES string of the molecule is Cc1cc2c(cc1C)OC(C(=O)NCCCc1nnc3n1CCCC3)C2. The van der Waals surface area contributed by atoms with E-state index >= 15 is 0 Å². The zero-order chi connectivity index (χ0) is 18.1. The Morgan fingerprint density at radius 1 is 1.27 bits per heavy atom. The van der Waals surface area contributed by atoms with Gasteiger partial charge in [0.2, 0.25) is 0 Å². The minimum absolute atomic E-state index is 0.0280. The van der Waals surface area contributed by atoms with Gasteiger partial charge in [-0.2, -0.15) is 0 Å². The highest BCUT2D eigenvalue weighted by molar-refractivity contribution is 5.82. The molecule has 0 fully saturated rings. The van der Waals surface area contributed by atoms with Crippen molar-refractivity contribution in [1.29, 1.82) is 0 Å². The van der Waals surface area contributed by atoms with Crippen LogP contribution in [0.15, 0.2) is 12.1 Å². The maximum atomic E-state index is 12.4. The molecule has 2 aromatic rings. The second-order valence-corrected chi connectivity index (χ2v) is 7.39. The molecule has 26 heavy (non-hydrogen) atoms. The molecule has 0 radical (unpaired) electrons. The van der Waals surface area contributed by atoms with E-state index in [9.17, 15) is 4.79 Å². The van der Waals surface area contributed by atoms with E-state index in [1.54, 1.807) is 0 Å². The van der Waals surface area contributed by atoms with Crippen molar-refractivity contribution in [3.05, 3.63) is 40.5 Å². The Balaban J connectivity index is 1.26. The van der Waals surface area contributed by atoms with Gasteiger partial charge in [0.25, 0.3) is 5.91 Å². The number of hydrogen-bond acceptors (Lipinski definition) is 4. The minimum atomic E-state index is -0.410. The topological polar surface area (TPSA) is 69.0 Å². The smallest absolute Gasteiger partial charge is 0.261 e. The third-order valence-corrected chi connectivity index (χ3v) is 5.46. The molecule has 6 heteroatoms. The number of hydrogen-bond donors (Lipinski definition) is 1. The Morgan fingerprint density at radius 3 is 3.00 bits per heavy atom. The van der Waals surface area contributed by atoms with E-state index < -0.39 is 6.10 Å². The van der Waals surface area contributed by atoms with Crippen molar-refractivity contribution in [1.82, 2.24) is 20.1 Å². The number of nitrogens with one attached hydrogen (secondary N) is 1. The molecule has 1 aromatic carbocycles. The molecule has 138 valence electrons. The van der Waals surface area contributed by atoms with E-state index in [4.69, 9.17) is 4.74 Å². The number of carbonyl (C=O) groups excluding carboxylic acids is 1. The van der Waals surface area contributed by atoms with Gasteiger partial charge in [-0.25, -0.2) is 0 Å². The molecule has 1 atom stereocenters. The van der Waals surface area contributed by atoms with Crippen molar-refractivity contribution in [2.45, 2.75) is 65.0 Å². The van der Waals surface area contributed by atoms with Crippen LogP contribution in [0.5, 0.6) is 5.75 Å². The number of fused-ring (bicyclic) bond motifs is 2. The van der Waals surface area contributed by atoms with Crippen LogP contribution < -0.4 is 10.1 Å². The van der Waals surface area contributed by atoms with Gasteiger partial charge in [-0.15, -0.1) is 10.2 Å². The Morgan fingerprint density at radius 2 is 2.12 bits per heavy atom. The van der Waals surface area contributed by atoms with Crippen LogP contribution in [0, 0.1) is 13.8 Å². The highest BCUT2D eigenvalue weighted by Gasteiger charge is 2.29. The van der Waals surface area contributed by atoms with E-state index in [1.165, 1.54) is 24.0 Å². The van der Waals surface area contributed by atoms with Gasteiger partial charge < -0.3 is 14.6 Å². The summed E-state index contributed by atoms with van der Waals surface area (Å²) in [5.74, 6) is 2.98. The van der Waals surface area contributed by atoms with Gasteiger partial charge in [0.1, 0.15) is 17.4 Å². The molecular formula is C20H26N4O2. The van der Waals surface area contributed by atoms with Crippen LogP contribution in [-0.2, 0) is 30.6 Å². The molecule has 3 heterocycles. The molecule has 6 nitrogen and oxygen atoms in total. The fraction of sp³-hybridized carbons (Fsp3) is 0.550. The first-order chi connectivity index (χ1) is 12.6. The van der Waals surface area contributed by atoms with E-state index in [0.29, 0.717) is 13.0 Å². The number of aryl methyl sites for hydroxylation is 4. The van der Waals surface area contributed by atoms with E-state index in [1.807, 2.05) is 6.07 Å². The first kappa shape index (κ1) is 17.1. The molecule has 1 amide bonds. The summed E-state index contributed by atoms with van der Waals surface area (Å²) in [7, 11) is 0. The Kier molecular flexibility index (Phi) is 4.66. The summed E-state index contributed by atoms with van der Waals surface area (Å²) in [6.07, 6.45) is 5.39. The fourth-order valence-electron chi connectivity index (χ4n) is 3.78. The number of carbonyl (C=O) groups is 1. The summed E-state index contributed by atoms with van der Waals surface area (Å²) in [5, 5.41) is 11.6. The molecule has 0 saturated heterocycles. The van der Waals surface area contributed by atoms with Crippen molar-refractivity contribution in [3.8, 4) is 5.75 Å². The highest BCUT2D eigenvalue weighted by atomic mass is 16.5. The normalized spacial score (nSPS) is 18.2. The lowest BCUT2D eigenvalue weighted by molar-refractivity contribution is -0.127. The quantitative estimate of drug-likeness (QED) is 0.837. The predicted octanol–water partition coefficient (Wildman–Crippen LogP) is 2.28. The largest absolute Gasteiger partial charge is 0.480 e. The number of amides is 1. The van der Waals surface area contributed by atoms with E-state index in [0.717, 1.165) is 48.8 Å². The average Bonchev–Trinajstić information content (AvgIpc) is 3.23. The van der Waals surface area contributed by atoms with E-state index in [-0.39, 0.29) is 5.91 Å². The summed E-state index contributed by atoms with van der Waals surface area (Å²) >= 11 is 0. The zero-order valence-electron chi connectivity index (χ0n) is 15.5. The molecule has 0 aliphatic carbocycles. The lowest BCUT2D eigenvalue weighted by Gasteiger charge is -2.15. The molecular weight excluding hydrogens is 328 g/mol. The number of benzene rings is 1. The monoisotopic (exact) mass is 354 g/mol. The van der Waals surface area contributed by atoms with Crippen molar-refractivity contribution in [2.75, 3.05) is 6.54 Å². The molecule has 0 spiro atoms. The fourth-order valence-corrected chi connectivity index (χ4v) is 3.78. The molecule has 1 aromatic heterocycles. The van der Waals surface area contributed by atoms with Gasteiger partial charge >= 0.3 is 0 Å². The molecule has 0 saturated carbocycles. The summed E-state index contributed by atoms with van der Waals surface area (Å²) < 4.78 is 8.09. The van der Waals surface area contributed by atoms with Crippen LogP contribution in [0.25, 0.3) is 0 Å². The lowest BCUT2D eigenvalue weighted by Crippen LogP contribution is -2.38. The number of ether oxygens (including phenoxy) is 1. The van der Waals surface area contributed by atoms with Gasteiger partial charge in [-0.1, -0.05) is 6.07 Å². The van der Waals surface area contributed by atoms with Crippen molar-refractivity contribution >= 4 is 5.91 Å². The Labute approximate surface area is 154 Å². The average molecular weight is 354 g/mol. The third-order valence-electron chi connectivity index (χ3n) is 5.46. The Hall–Kier alpha value is -2.37. The second kappa shape index (κ2) is 7.09. The van der Waals surface area contributed by atoms with Gasteiger partial charge in [0, 0.05) is 32.4 Å².